The number of nitrogens with zero attached hydrogens (tertiary/aromatic N) is 2. The van der Waals surface area contributed by atoms with Crippen LogP contribution in [-0.2, 0) is 0 Å². The molecular formula is C24H20N2O5. The summed E-state index contributed by atoms with van der Waals surface area (Å²) in [5.74, 6) is 0. The summed E-state index contributed by atoms with van der Waals surface area (Å²) in [5.41, 5.74) is 4.34. The van der Waals surface area contributed by atoms with Crippen molar-refractivity contribution >= 4 is 11.4 Å². The van der Waals surface area contributed by atoms with Crippen molar-refractivity contribution in [3.8, 4) is 22.3 Å². The van der Waals surface area contributed by atoms with Crippen molar-refractivity contribution < 1.29 is 15.3 Å². The van der Waals surface area contributed by atoms with Gasteiger partial charge in [0.2, 0.25) is 0 Å². The van der Waals surface area contributed by atoms with Gasteiger partial charge in [-0.1, -0.05) is 60.7 Å². The van der Waals surface area contributed by atoms with E-state index in [-0.39, 0.29) is 16.9 Å². The largest absolute Gasteiger partial charge is 0.412 e. The molecule has 4 aromatic rings. The van der Waals surface area contributed by atoms with Crippen molar-refractivity contribution in [1.82, 2.24) is 0 Å². The average molecular weight is 416 g/mol. The van der Waals surface area contributed by atoms with Crippen LogP contribution in [0.2, 0.25) is 0 Å². The van der Waals surface area contributed by atoms with Gasteiger partial charge < -0.3 is 5.48 Å². The Kier molecular flexibility index (Phi) is 8.13. The normalized spacial score (nSPS) is 9.55. The molecule has 0 radical (unpaired) electrons. The summed E-state index contributed by atoms with van der Waals surface area (Å²) < 4.78 is 0. The molecule has 0 saturated carbocycles. The number of hydrogen-bond acceptors (Lipinski definition) is 4. The van der Waals surface area contributed by atoms with Crippen LogP contribution in [0.15, 0.2) is 109 Å². The van der Waals surface area contributed by atoms with Crippen LogP contribution in [0.1, 0.15) is 0 Å². The molecule has 0 bridgehead atoms. The number of benzene rings is 4. The minimum Gasteiger partial charge on any atom is -0.412 e. The number of non-ortho nitro benzene ring substituents is 2. The smallest absolute Gasteiger partial charge is 0.269 e. The number of nitro benzene ring substituents is 2. The predicted octanol–water partition coefficient (Wildman–Crippen LogP) is 5.70. The Balaban J connectivity index is 0.000000213. The second kappa shape index (κ2) is 11.0. The second-order valence-electron chi connectivity index (χ2n) is 6.34. The third kappa shape index (κ3) is 6.31. The Labute approximate surface area is 178 Å². The zero-order valence-corrected chi connectivity index (χ0v) is 16.4. The van der Waals surface area contributed by atoms with Gasteiger partial charge in [0.05, 0.1) is 9.85 Å². The molecule has 0 atom stereocenters. The maximum Gasteiger partial charge on any atom is 0.269 e. The van der Waals surface area contributed by atoms with Gasteiger partial charge >= 0.3 is 0 Å². The first-order valence-electron chi connectivity index (χ1n) is 9.14. The maximum atomic E-state index is 10.5. The SMILES string of the molecule is O.O=[N+]([O-])c1ccc(-c2ccccc2)cc1.O=[N+]([O-])c1ccc(-c2ccccc2)cc1. The van der Waals surface area contributed by atoms with Gasteiger partial charge in [-0.05, 0) is 46.5 Å². The summed E-state index contributed by atoms with van der Waals surface area (Å²) in [7, 11) is 0. The van der Waals surface area contributed by atoms with Gasteiger partial charge in [0.25, 0.3) is 11.4 Å². The zero-order valence-electron chi connectivity index (χ0n) is 16.4. The Morgan fingerprint density at radius 2 is 0.677 bits per heavy atom. The topological polar surface area (TPSA) is 118 Å². The Morgan fingerprint density at radius 3 is 0.935 bits per heavy atom. The monoisotopic (exact) mass is 416 g/mol. The molecule has 0 aliphatic heterocycles. The Morgan fingerprint density at radius 1 is 0.419 bits per heavy atom. The quantitative estimate of drug-likeness (QED) is 0.313. The summed E-state index contributed by atoms with van der Waals surface area (Å²) in [4.78, 5) is 20.1. The van der Waals surface area contributed by atoms with Gasteiger partial charge in [-0.2, -0.15) is 0 Å². The van der Waals surface area contributed by atoms with Crippen LogP contribution in [0.5, 0.6) is 0 Å². The summed E-state index contributed by atoms with van der Waals surface area (Å²) in [6, 6.07) is 32.6. The van der Waals surface area contributed by atoms with E-state index in [2.05, 4.69) is 0 Å². The molecule has 2 N–H and O–H groups in total. The zero-order chi connectivity index (χ0) is 21.3. The maximum absolute atomic E-state index is 10.5. The molecule has 0 saturated heterocycles. The highest BCUT2D eigenvalue weighted by Crippen LogP contribution is 2.22. The van der Waals surface area contributed by atoms with Crippen molar-refractivity contribution in [2.75, 3.05) is 0 Å². The highest BCUT2D eigenvalue weighted by atomic mass is 16.6. The summed E-state index contributed by atoms with van der Waals surface area (Å²) in [5, 5.41) is 20.9. The summed E-state index contributed by atoms with van der Waals surface area (Å²) in [6.07, 6.45) is 0. The van der Waals surface area contributed by atoms with Crippen molar-refractivity contribution in [1.29, 1.82) is 0 Å². The van der Waals surface area contributed by atoms with Crippen LogP contribution < -0.4 is 0 Å². The molecule has 0 aliphatic carbocycles. The van der Waals surface area contributed by atoms with E-state index in [1.54, 1.807) is 24.3 Å². The van der Waals surface area contributed by atoms with E-state index >= 15 is 0 Å². The number of hydrogen-bond donors (Lipinski definition) is 0. The molecule has 0 aromatic heterocycles. The van der Waals surface area contributed by atoms with Crippen molar-refractivity contribution in [2.24, 2.45) is 0 Å². The van der Waals surface area contributed by atoms with Crippen LogP contribution in [0.3, 0.4) is 0 Å². The van der Waals surface area contributed by atoms with Crippen LogP contribution in [0, 0.1) is 20.2 Å². The van der Waals surface area contributed by atoms with E-state index in [0.29, 0.717) is 0 Å². The van der Waals surface area contributed by atoms with Gasteiger partial charge in [-0.3, -0.25) is 20.2 Å². The van der Waals surface area contributed by atoms with E-state index < -0.39 is 9.85 Å². The predicted molar refractivity (Wildman–Crippen MR) is 121 cm³/mol. The van der Waals surface area contributed by atoms with Crippen LogP contribution in [-0.4, -0.2) is 15.3 Å². The van der Waals surface area contributed by atoms with Crippen LogP contribution in [0.4, 0.5) is 11.4 Å². The molecule has 0 fully saturated rings. The number of rotatable bonds is 4. The highest BCUT2D eigenvalue weighted by Gasteiger charge is 2.05. The van der Waals surface area contributed by atoms with Gasteiger partial charge in [0, 0.05) is 24.3 Å². The van der Waals surface area contributed by atoms with Gasteiger partial charge in [-0.25, -0.2) is 0 Å². The molecule has 156 valence electrons. The molecule has 0 spiro atoms. The van der Waals surface area contributed by atoms with E-state index in [4.69, 9.17) is 0 Å². The fourth-order valence-electron chi connectivity index (χ4n) is 2.81. The lowest BCUT2D eigenvalue weighted by Gasteiger charge is -1.99. The van der Waals surface area contributed by atoms with Crippen LogP contribution >= 0.6 is 0 Å². The summed E-state index contributed by atoms with van der Waals surface area (Å²) in [6.45, 7) is 0. The third-order valence-corrected chi connectivity index (χ3v) is 4.37. The first-order valence-corrected chi connectivity index (χ1v) is 9.14. The summed E-state index contributed by atoms with van der Waals surface area (Å²) >= 11 is 0. The fraction of sp³-hybridized carbons (Fsp3) is 0. The second-order valence-corrected chi connectivity index (χ2v) is 6.34. The first kappa shape index (κ1) is 22.9. The molecule has 7 heteroatoms. The van der Waals surface area contributed by atoms with Gasteiger partial charge in [-0.15, -0.1) is 0 Å². The van der Waals surface area contributed by atoms with Crippen LogP contribution in [0.25, 0.3) is 22.3 Å². The molecule has 0 heterocycles. The number of nitro groups is 2. The van der Waals surface area contributed by atoms with Gasteiger partial charge in [0.1, 0.15) is 0 Å². The Hall–Kier alpha value is -4.36. The molecule has 0 aliphatic rings. The lowest BCUT2D eigenvalue weighted by atomic mass is 10.1. The van der Waals surface area contributed by atoms with E-state index in [1.165, 1.54) is 24.3 Å². The van der Waals surface area contributed by atoms with E-state index in [9.17, 15) is 20.2 Å². The molecular weight excluding hydrogens is 396 g/mol. The minimum absolute atomic E-state index is 0. The molecule has 4 rings (SSSR count). The van der Waals surface area contributed by atoms with E-state index in [1.807, 2.05) is 60.7 Å². The standard InChI is InChI=1S/2C12H9NO2.H2O/c2*14-13(15)12-8-6-11(7-9-12)10-4-2-1-3-5-10;/h2*1-9H;1H2. The van der Waals surface area contributed by atoms with Crippen molar-refractivity contribution in [3.05, 3.63) is 129 Å². The highest BCUT2D eigenvalue weighted by molar-refractivity contribution is 5.65. The van der Waals surface area contributed by atoms with Gasteiger partial charge in [0.15, 0.2) is 0 Å². The molecule has 0 unspecified atom stereocenters. The Bertz CT molecular complexity index is 1020. The van der Waals surface area contributed by atoms with Crippen molar-refractivity contribution in [3.63, 3.8) is 0 Å². The molecule has 0 amide bonds. The first-order chi connectivity index (χ1) is 14.5. The molecule has 31 heavy (non-hydrogen) atoms. The lowest BCUT2D eigenvalue weighted by Crippen LogP contribution is -1.86. The average Bonchev–Trinajstić information content (AvgIpc) is 2.81. The van der Waals surface area contributed by atoms with E-state index in [0.717, 1.165) is 22.3 Å². The fourth-order valence-corrected chi connectivity index (χ4v) is 2.81. The minimum atomic E-state index is -0.394. The van der Waals surface area contributed by atoms with Crippen molar-refractivity contribution in [2.45, 2.75) is 0 Å². The molecule has 7 nitrogen and oxygen atoms in total. The molecule has 4 aromatic carbocycles. The lowest BCUT2D eigenvalue weighted by molar-refractivity contribution is -0.385. The third-order valence-electron chi connectivity index (χ3n) is 4.37.